The van der Waals surface area contributed by atoms with Gasteiger partial charge in [-0.15, -0.1) is 0 Å². The summed E-state index contributed by atoms with van der Waals surface area (Å²) in [5.41, 5.74) is 0. The van der Waals surface area contributed by atoms with Crippen LogP contribution in [-0.4, -0.2) is 83.5 Å². The molecule has 0 aliphatic rings. The van der Waals surface area contributed by atoms with Crippen molar-refractivity contribution in [3.63, 3.8) is 0 Å². The first-order valence-electron chi connectivity index (χ1n) is 0. The Balaban J connectivity index is 0. The van der Waals surface area contributed by atoms with E-state index in [1.165, 1.54) is 0 Å². The van der Waals surface area contributed by atoms with Crippen molar-refractivity contribution in [1.82, 2.24) is 0 Å². The smallest absolute Gasteiger partial charge is 0 e. The van der Waals surface area contributed by atoms with Gasteiger partial charge >= 0.3 is 0 Å². The summed E-state index contributed by atoms with van der Waals surface area (Å²) in [4.78, 5) is 0. The van der Waals surface area contributed by atoms with Crippen LogP contribution in [0.1, 0.15) is 0 Å². The summed E-state index contributed by atoms with van der Waals surface area (Å²) in [6, 6.07) is 0. The molecule has 8 radical (unpaired) electrons. The quantitative estimate of drug-likeness (QED) is 0.378. The molecule has 0 spiro atoms. The molecule has 0 rings (SSSR count). The van der Waals surface area contributed by atoms with Crippen LogP contribution in [0, 0.1) is 0 Å². The Hall–Kier alpha value is 3.57. The number of rotatable bonds is 0. The molecule has 0 unspecified atom stereocenters. The molecule has 0 aromatic rings. The maximum atomic E-state index is 0. The van der Waals surface area contributed by atoms with Gasteiger partial charge in [-0.05, 0) is 0 Å². The molecule has 14 valence electrons. The van der Waals surface area contributed by atoms with E-state index in [9.17, 15) is 0 Å². The van der Waals surface area contributed by atoms with E-state index in [0.29, 0.717) is 0 Å². The average Bonchev–Trinajstić information content (AvgIpc) is 0. The van der Waals surface area contributed by atoms with E-state index in [1.54, 1.807) is 0 Å². The topological polar surface area (TPSA) is 0 Å². The van der Waals surface area contributed by atoms with Crippen molar-refractivity contribution in [3.05, 3.63) is 0 Å². The zero-order valence-corrected chi connectivity index (χ0v) is 16.1. The fourth-order valence-electron chi connectivity index (χ4n) is 0. The van der Waals surface area contributed by atoms with Gasteiger partial charge in [-0.2, -0.15) is 0 Å². The summed E-state index contributed by atoms with van der Waals surface area (Å²) < 4.78 is 0. The van der Waals surface area contributed by atoms with Crippen LogP contribution in [0.25, 0.3) is 0 Å². The van der Waals surface area contributed by atoms with E-state index in [0.717, 1.165) is 0 Å². The maximum absolute atomic E-state index is 0. The Bertz CT molecular complexity index is 8.00. The van der Waals surface area contributed by atoms with Crippen molar-refractivity contribution >= 4 is 83.5 Å². The standard InChI is InChI=1S/Ba.Ge.Hg.Se. The predicted octanol–water partition coefficient (Wildman–Crippen LogP) is -1.14. The first-order chi connectivity index (χ1) is 0. The minimum atomic E-state index is 0. The van der Waals surface area contributed by atoms with E-state index in [1.807, 2.05) is 0 Å². The van der Waals surface area contributed by atoms with E-state index in [-0.39, 0.29) is 111 Å². The van der Waals surface area contributed by atoms with Gasteiger partial charge in [0, 0.05) is 111 Å². The van der Waals surface area contributed by atoms with Crippen LogP contribution in [0.2, 0.25) is 0 Å². The molecule has 4 heavy (non-hydrogen) atoms. The van der Waals surface area contributed by atoms with Crippen molar-refractivity contribution < 1.29 is 27.7 Å². The molecule has 0 aromatic heterocycles. The van der Waals surface area contributed by atoms with Crippen LogP contribution in [-0.2, 0) is 27.7 Å². The number of hydrogen-bond acceptors (Lipinski definition) is 0. The summed E-state index contributed by atoms with van der Waals surface area (Å²) >= 11 is 0. The van der Waals surface area contributed by atoms with Gasteiger partial charge in [-0.1, -0.05) is 0 Å². The molecule has 0 aromatic carbocycles. The van der Waals surface area contributed by atoms with Crippen LogP contribution in [0.4, 0.5) is 0 Å². The largest absolute Gasteiger partial charge is 0 e. The zero-order valence-electron chi connectivity index (χ0n) is 2.32. The van der Waals surface area contributed by atoms with E-state index in [4.69, 9.17) is 0 Å². The molecule has 4 heteroatoms. The molecule has 0 amide bonds. The van der Waals surface area contributed by atoms with Crippen molar-refractivity contribution in [3.8, 4) is 0 Å². The third-order valence-electron chi connectivity index (χ3n) is 0. The Labute approximate surface area is 108 Å². The summed E-state index contributed by atoms with van der Waals surface area (Å²) in [5, 5.41) is 0. The normalized spacial score (nSPS) is 0. The fourth-order valence-corrected chi connectivity index (χ4v) is 0. The van der Waals surface area contributed by atoms with Crippen LogP contribution < -0.4 is 0 Å². The molecule has 0 nitrogen and oxygen atoms in total. The summed E-state index contributed by atoms with van der Waals surface area (Å²) in [5.74, 6) is 0. The average molecular weight is 489 g/mol. The van der Waals surface area contributed by atoms with Gasteiger partial charge in [0.05, 0.1) is 0 Å². The second-order valence-electron chi connectivity index (χ2n) is 0. The minimum Gasteiger partial charge on any atom is 0 e. The van der Waals surface area contributed by atoms with E-state index < -0.39 is 0 Å². The summed E-state index contributed by atoms with van der Waals surface area (Å²) in [6.07, 6.45) is 0. The predicted molar refractivity (Wildman–Crippen MR) is 17.3 cm³/mol. The molecule has 0 atom stereocenters. The second-order valence-corrected chi connectivity index (χ2v) is 0. The third kappa shape index (κ3) is 9.13. The van der Waals surface area contributed by atoms with E-state index >= 15 is 0 Å². The Morgan fingerprint density at radius 2 is 1.00 bits per heavy atom. The van der Waals surface area contributed by atoms with Gasteiger partial charge in [0.25, 0.3) is 0 Å². The monoisotopic (exact) mass is 494 g/mol. The fraction of sp³-hybridized carbons (Fsp3) is 0. The maximum Gasteiger partial charge on any atom is 0 e. The molecule has 0 aliphatic carbocycles. The van der Waals surface area contributed by atoms with Gasteiger partial charge < -0.3 is 0 Å². The van der Waals surface area contributed by atoms with E-state index in [2.05, 4.69) is 0 Å². The van der Waals surface area contributed by atoms with Crippen molar-refractivity contribution in [2.75, 3.05) is 0 Å². The molecule has 0 N–H and O–H groups in total. The van der Waals surface area contributed by atoms with Crippen LogP contribution >= 0.6 is 0 Å². The Kier molecular flexibility index (Phi) is 103. The van der Waals surface area contributed by atoms with Gasteiger partial charge in [0.1, 0.15) is 0 Å². The first kappa shape index (κ1) is 25.6. The first-order valence-corrected chi connectivity index (χ1v) is 0. The molecule has 0 bridgehead atoms. The van der Waals surface area contributed by atoms with Gasteiger partial charge in [-0.25, -0.2) is 0 Å². The zero-order chi connectivity index (χ0) is 0. The van der Waals surface area contributed by atoms with Crippen molar-refractivity contribution in [1.29, 1.82) is 0 Å². The van der Waals surface area contributed by atoms with Crippen LogP contribution in [0.3, 0.4) is 0 Å². The Morgan fingerprint density at radius 1 is 1.00 bits per heavy atom. The van der Waals surface area contributed by atoms with Gasteiger partial charge in [-0.3, -0.25) is 0 Å². The molecular formula is BaGeHgSe. The molecule has 0 heterocycles. The third-order valence-corrected chi connectivity index (χ3v) is 0. The molecular weight excluding hydrogens is 489 g/mol. The van der Waals surface area contributed by atoms with Crippen molar-refractivity contribution in [2.24, 2.45) is 0 Å². The van der Waals surface area contributed by atoms with Crippen LogP contribution in [0.15, 0.2) is 0 Å². The number of hydrogen-bond donors (Lipinski definition) is 0. The van der Waals surface area contributed by atoms with Crippen molar-refractivity contribution in [2.45, 2.75) is 0 Å². The van der Waals surface area contributed by atoms with Gasteiger partial charge in [0.15, 0.2) is 0 Å². The van der Waals surface area contributed by atoms with Gasteiger partial charge in [0.2, 0.25) is 0 Å². The molecule has 0 aliphatic heterocycles. The molecule has 0 saturated carbocycles. The second kappa shape index (κ2) is 16.0. The molecule has 0 saturated heterocycles. The minimum absolute atomic E-state index is 0. The van der Waals surface area contributed by atoms with Crippen LogP contribution in [0.5, 0.6) is 0 Å². The SMILES string of the molecule is [Ba].[Ge].[Hg].[Se]. The summed E-state index contributed by atoms with van der Waals surface area (Å²) in [7, 11) is 0. The Morgan fingerprint density at radius 3 is 1.00 bits per heavy atom. The molecule has 0 fully saturated rings. The summed E-state index contributed by atoms with van der Waals surface area (Å²) in [6.45, 7) is 0.